The third-order valence-corrected chi connectivity index (χ3v) is 3.61. The smallest absolute Gasteiger partial charge is 0.250 e. The van der Waals surface area contributed by atoms with Crippen molar-refractivity contribution in [1.82, 2.24) is 4.90 Å². The van der Waals surface area contributed by atoms with E-state index < -0.39 is 5.54 Å². The van der Waals surface area contributed by atoms with E-state index in [1.807, 2.05) is 0 Å². The lowest BCUT2D eigenvalue weighted by molar-refractivity contribution is -0.154. The molecule has 0 bridgehead atoms. The van der Waals surface area contributed by atoms with Gasteiger partial charge in [-0.05, 0) is 37.6 Å². The molecule has 0 spiro atoms. The second-order valence-electron chi connectivity index (χ2n) is 4.88. The van der Waals surface area contributed by atoms with E-state index in [4.69, 9.17) is 0 Å². The number of carbonyl (C=O) groups excluding carboxylic acids is 2. The fourth-order valence-electron chi connectivity index (χ4n) is 2.18. The van der Waals surface area contributed by atoms with Crippen molar-refractivity contribution >= 4 is 17.5 Å². The molecular formula is C14H17FN2O2. The van der Waals surface area contributed by atoms with Crippen molar-refractivity contribution < 1.29 is 14.0 Å². The second-order valence-corrected chi connectivity index (χ2v) is 4.88. The average molecular weight is 264 g/mol. The van der Waals surface area contributed by atoms with Crippen LogP contribution in [0.25, 0.3) is 0 Å². The normalized spacial score (nSPS) is 21.7. The number of carbonyl (C=O) groups is 2. The van der Waals surface area contributed by atoms with Crippen molar-refractivity contribution in [2.45, 2.75) is 32.2 Å². The van der Waals surface area contributed by atoms with Gasteiger partial charge in [0.1, 0.15) is 11.4 Å². The number of likely N-dealkylation sites (tertiary alicyclic amines) is 1. The van der Waals surface area contributed by atoms with E-state index in [0.717, 1.165) is 0 Å². The molecule has 1 aromatic rings. The van der Waals surface area contributed by atoms with Gasteiger partial charge < -0.3 is 10.2 Å². The highest BCUT2D eigenvalue weighted by molar-refractivity contribution is 6.01. The lowest BCUT2D eigenvalue weighted by Gasteiger charge is -2.49. The van der Waals surface area contributed by atoms with E-state index in [1.165, 1.54) is 24.3 Å². The molecule has 1 unspecified atom stereocenters. The first kappa shape index (κ1) is 13.5. The molecule has 1 atom stereocenters. The Labute approximate surface area is 111 Å². The molecule has 1 aromatic carbocycles. The van der Waals surface area contributed by atoms with E-state index in [9.17, 15) is 14.0 Å². The molecular weight excluding hydrogens is 247 g/mol. The predicted octanol–water partition coefficient (Wildman–Crippen LogP) is 2.17. The first-order valence-corrected chi connectivity index (χ1v) is 6.35. The van der Waals surface area contributed by atoms with Crippen molar-refractivity contribution in [3.8, 4) is 0 Å². The molecule has 1 aliphatic heterocycles. The molecule has 1 N–H and O–H groups in total. The van der Waals surface area contributed by atoms with Gasteiger partial charge in [0.05, 0.1) is 0 Å². The molecule has 5 heteroatoms. The number of hydrogen-bond acceptors (Lipinski definition) is 2. The molecule has 0 aromatic heterocycles. The number of amides is 2. The standard InChI is InChI=1S/C14H17FN2O2/c1-3-12(18)17-9-8-14(17,2)13(19)16-11-6-4-10(15)5-7-11/h4-7H,3,8-9H2,1-2H3,(H,16,19). The van der Waals surface area contributed by atoms with Crippen LogP contribution in [-0.2, 0) is 9.59 Å². The molecule has 2 rings (SSSR count). The summed E-state index contributed by atoms with van der Waals surface area (Å²) in [5.41, 5.74) is -0.259. The SMILES string of the molecule is CCC(=O)N1CCC1(C)C(=O)Nc1ccc(F)cc1. The Morgan fingerprint density at radius 1 is 1.37 bits per heavy atom. The van der Waals surface area contributed by atoms with E-state index in [2.05, 4.69) is 5.32 Å². The van der Waals surface area contributed by atoms with E-state index >= 15 is 0 Å². The van der Waals surface area contributed by atoms with Gasteiger partial charge >= 0.3 is 0 Å². The quantitative estimate of drug-likeness (QED) is 0.909. The molecule has 0 aliphatic carbocycles. The van der Waals surface area contributed by atoms with Gasteiger partial charge in [0.2, 0.25) is 11.8 Å². The third-order valence-electron chi connectivity index (χ3n) is 3.61. The Morgan fingerprint density at radius 3 is 2.47 bits per heavy atom. The predicted molar refractivity (Wildman–Crippen MR) is 70.1 cm³/mol. The molecule has 102 valence electrons. The summed E-state index contributed by atoms with van der Waals surface area (Å²) in [6.45, 7) is 4.14. The van der Waals surface area contributed by atoms with Crippen LogP contribution in [0.5, 0.6) is 0 Å². The zero-order chi connectivity index (χ0) is 14.0. The lowest BCUT2D eigenvalue weighted by atomic mass is 9.85. The van der Waals surface area contributed by atoms with Gasteiger partial charge in [0.15, 0.2) is 0 Å². The van der Waals surface area contributed by atoms with Crippen LogP contribution in [0.15, 0.2) is 24.3 Å². The molecule has 1 aliphatic rings. The Kier molecular flexibility index (Phi) is 3.55. The molecule has 2 amide bonds. The van der Waals surface area contributed by atoms with Gasteiger partial charge in [-0.2, -0.15) is 0 Å². The maximum absolute atomic E-state index is 12.8. The number of hydrogen-bond donors (Lipinski definition) is 1. The molecule has 4 nitrogen and oxygen atoms in total. The Hall–Kier alpha value is -1.91. The Bertz CT molecular complexity index is 501. The van der Waals surface area contributed by atoms with Crippen molar-refractivity contribution in [3.63, 3.8) is 0 Å². The number of nitrogens with zero attached hydrogens (tertiary/aromatic N) is 1. The van der Waals surface area contributed by atoms with Gasteiger partial charge in [-0.1, -0.05) is 6.92 Å². The highest BCUT2D eigenvalue weighted by Crippen LogP contribution is 2.32. The fraction of sp³-hybridized carbons (Fsp3) is 0.429. The van der Waals surface area contributed by atoms with E-state index in [1.54, 1.807) is 18.7 Å². The van der Waals surface area contributed by atoms with E-state index in [0.29, 0.717) is 25.1 Å². The summed E-state index contributed by atoms with van der Waals surface area (Å²) in [7, 11) is 0. The highest BCUT2D eigenvalue weighted by Gasteiger charge is 2.48. The van der Waals surface area contributed by atoms with Crippen molar-refractivity contribution in [3.05, 3.63) is 30.1 Å². The number of rotatable bonds is 3. The summed E-state index contributed by atoms with van der Waals surface area (Å²) in [5, 5.41) is 2.72. The fourth-order valence-corrected chi connectivity index (χ4v) is 2.18. The minimum Gasteiger partial charge on any atom is -0.328 e. The van der Waals surface area contributed by atoms with Crippen molar-refractivity contribution in [2.24, 2.45) is 0 Å². The summed E-state index contributed by atoms with van der Waals surface area (Å²) in [5.74, 6) is -0.606. The van der Waals surface area contributed by atoms with Crippen molar-refractivity contribution in [2.75, 3.05) is 11.9 Å². The van der Waals surface area contributed by atoms with Gasteiger partial charge in [-0.3, -0.25) is 9.59 Å². The second kappa shape index (κ2) is 4.99. The Morgan fingerprint density at radius 2 is 2.00 bits per heavy atom. The number of halogens is 1. The van der Waals surface area contributed by atoms with Crippen LogP contribution >= 0.6 is 0 Å². The van der Waals surface area contributed by atoms with Crippen LogP contribution in [0.1, 0.15) is 26.7 Å². The minimum absolute atomic E-state index is 0.0250. The first-order chi connectivity index (χ1) is 8.97. The van der Waals surface area contributed by atoms with Crippen LogP contribution in [0.4, 0.5) is 10.1 Å². The molecule has 1 heterocycles. The van der Waals surface area contributed by atoms with Crippen LogP contribution < -0.4 is 5.32 Å². The van der Waals surface area contributed by atoms with Crippen LogP contribution in [-0.4, -0.2) is 28.8 Å². The number of anilines is 1. The maximum Gasteiger partial charge on any atom is 0.250 e. The summed E-state index contributed by atoms with van der Waals surface area (Å²) in [6.07, 6.45) is 1.03. The zero-order valence-electron chi connectivity index (χ0n) is 11.1. The van der Waals surface area contributed by atoms with Crippen molar-refractivity contribution in [1.29, 1.82) is 0 Å². The number of benzene rings is 1. The largest absolute Gasteiger partial charge is 0.328 e. The van der Waals surface area contributed by atoms with Gasteiger partial charge in [-0.15, -0.1) is 0 Å². The van der Waals surface area contributed by atoms with Crippen LogP contribution in [0.3, 0.4) is 0 Å². The third kappa shape index (κ3) is 2.45. The molecule has 0 radical (unpaired) electrons. The molecule has 0 saturated carbocycles. The van der Waals surface area contributed by atoms with Crippen LogP contribution in [0.2, 0.25) is 0 Å². The highest BCUT2D eigenvalue weighted by atomic mass is 19.1. The Balaban J connectivity index is 2.07. The van der Waals surface area contributed by atoms with E-state index in [-0.39, 0.29) is 17.6 Å². The molecule has 19 heavy (non-hydrogen) atoms. The minimum atomic E-state index is -0.790. The monoisotopic (exact) mass is 264 g/mol. The first-order valence-electron chi connectivity index (χ1n) is 6.35. The van der Waals surface area contributed by atoms with Gasteiger partial charge in [-0.25, -0.2) is 4.39 Å². The van der Waals surface area contributed by atoms with Gasteiger partial charge in [0, 0.05) is 18.7 Å². The summed E-state index contributed by atoms with van der Waals surface area (Å²) in [4.78, 5) is 25.5. The number of nitrogens with one attached hydrogen (secondary N) is 1. The maximum atomic E-state index is 12.8. The molecule has 1 fully saturated rings. The van der Waals surface area contributed by atoms with Crippen LogP contribution in [0, 0.1) is 5.82 Å². The average Bonchev–Trinajstić information content (AvgIpc) is 2.38. The zero-order valence-corrected chi connectivity index (χ0v) is 11.1. The summed E-state index contributed by atoms with van der Waals surface area (Å²) < 4.78 is 12.8. The topological polar surface area (TPSA) is 49.4 Å². The van der Waals surface area contributed by atoms with Gasteiger partial charge in [0.25, 0.3) is 0 Å². The summed E-state index contributed by atoms with van der Waals surface area (Å²) >= 11 is 0. The summed E-state index contributed by atoms with van der Waals surface area (Å²) in [6, 6.07) is 5.57. The lowest BCUT2D eigenvalue weighted by Crippen LogP contribution is -2.66. The molecule has 1 saturated heterocycles.